The molecule has 0 aliphatic heterocycles. The van der Waals surface area contributed by atoms with Crippen LogP contribution < -0.4 is 5.32 Å². The van der Waals surface area contributed by atoms with Gasteiger partial charge in [0, 0.05) is 12.2 Å². The summed E-state index contributed by atoms with van der Waals surface area (Å²) in [6.45, 7) is 10.3. The van der Waals surface area contributed by atoms with E-state index >= 15 is 0 Å². The molecule has 15 heavy (non-hydrogen) atoms. The second-order valence-corrected chi connectivity index (χ2v) is 3.08. The third kappa shape index (κ3) is 8.82. The maximum Gasteiger partial charge on any atom is 0.0334 e. The molecule has 0 aromatic heterocycles. The average molecular weight is 203 g/mol. The lowest BCUT2D eigenvalue weighted by molar-refractivity contribution is 0.746. The van der Waals surface area contributed by atoms with Crippen molar-refractivity contribution in [3.63, 3.8) is 0 Å². The maximum absolute atomic E-state index is 3.75. The van der Waals surface area contributed by atoms with Crippen molar-refractivity contribution in [1.29, 1.82) is 0 Å². The number of hydrogen-bond donors (Lipinski definition) is 1. The van der Waals surface area contributed by atoms with Crippen LogP contribution in [0.15, 0.2) is 61.4 Å². The fourth-order valence-electron chi connectivity index (χ4n) is 1.04. The molecule has 0 aliphatic rings. The molecule has 0 aliphatic carbocycles. The first-order valence-corrected chi connectivity index (χ1v) is 5.32. The van der Waals surface area contributed by atoms with Crippen LogP contribution in [-0.4, -0.2) is 6.54 Å². The molecule has 0 rings (SSSR count). The van der Waals surface area contributed by atoms with Gasteiger partial charge in [0.2, 0.25) is 0 Å². The lowest BCUT2D eigenvalue weighted by Crippen LogP contribution is -2.12. The van der Waals surface area contributed by atoms with Gasteiger partial charge in [0.1, 0.15) is 0 Å². The van der Waals surface area contributed by atoms with Crippen LogP contribution in [0.1, 0.15) is 19.8 Å². The molecule has 0 atom stereocenters. The Morgan fingerprint density at radius 1 is 1.27 bits per heavy atom. The quantitative estimate of drug-likeness (QED) is 0.468. The molecule has 0 radical (unpaired) electrons. The van der Waals surface area contributed by atoms with Crippen molar-refractivity contribution in [2.24, 2.45) is 0 Å². The Morgan fingerprint density at radius 3 is 2.67 bits per heavy atom. The van der Waals surface area contributed by atoms with Crippen LogP contribution in [0.2, 0.25) is 0 Å². The lowest BCUT2D eigenvalue weighted by atomic mass is 10.2. The highest BCUT2D eigenvalue weighted by molar-refractivity contribution is 5.19. The predicted octanol–water partition coefficient (Wildman–Crippen LogP) is 3.74. The highest BCUT2D eigenvalue weighted by Gasteiger charge is 1.87. The first-order chi connectivity index (χ1) is 7.35. The Morgan fingerprint density at radius 2 is 2.07 bits per heavy atom. The second-order valence-electron chi connectivity index (χ2n) is 3.08. The molecule has 0 amide bonds. The van der Waals surface area contributed by atoms with Gasteiger partial charge in [0.15, 0.2) is 0 Å². The van der Waals surface area contributed by atoms with Gasteiger partial charge < -0.3 is 5.32 Å². The normalized spacial score (nSPS) is 12.2. The Hall–Kier alpha value is -1.50. The van der Waals surface area contributed by atoms with Gasteiger partial charge in [-0.25, -0.2) is 0 Å². The summed E-state index contributed by atoms with van der Waals surface area (Å²) >= 11 is 0. The van der Waals surface area contributed by atoms with Crippen molar-refractivity contribution < 1.29 is 0 Å². The number of nitrogens with one attached hydrogen (secondary N) is 1. The number of hydrogen-bond acceptors (Lipinski definition) is 1. The molecule has 0 aromatic carbocycles. The number of unbranched alkanes of at least 4 members (excludes halogenated alkanes) is 1. The Bertz CT molecular complexity index is 257. The van der Waals surface area contributed by atoms with Gasteiger partial charge in [-0.05, 0) is 31.9 Å². The van der Waals surface area contributed by atoms with Crippen molar-refractivity contribution in [3.8, 4) is 0 Å². The molecule has 0 saturated heterocycles. The van der Waals surface area contributed by atoms with Gasteiger partial charge in [0.25, 0.3) is 0 Å². The average Bonchev–Trinajstić information content (AvgIpc) is 2.27. The molecule has 0 aromatic rings. The largest absolute Gasteiger partial charge is 0.385 e. The summed E-state index contributed by atoms with van der Waals surface area (Å²) < 4.78 is 0. The molecular weight excluding hydrogens is 182 g/mol. The van der Waals surface area contributed by atoms with Crippen molar-refractivity contribution in [1.82, 2.24) is 5.32 Å². The minimum absolute atomic E-state index is 0.969. The van der Waals surface area contributed by atoms with Crippen molar-refractivity contribution >= 4 is 0 Å². The van der Waals surface area contributed by atoms with Gasteiger partial charge in [0.05, 0.1) is 0 Å². The molecule has 1 heteroatoms. The summed E-state index contributed by atoms with van der Waals surface area (Å²) in [5.41, 5.74) is 1.07. The molecule has 0 saturated carbocycles. The van der Waals surface area contributed by atoms with Crippen LogP contribution in [-0.2, 0) is 0 Å². The summed E-state index contributed by atoms with van der Waals surface area (Å²) in [5, 5.41) is 3.31. The standard InChI is InChI=1S/C14H21N/c1-4-7-9-10-11-13-15-14(6-3)12-8-5-2/h4-9,12,15H,1,3,10-11,13H2,2H3/b8-5-,9-7-,14-12+. The van der Waals surface area contributed by atoms with Crippen LogP contribution in [0.3, 0.4) is 0 Å². The van der Waals surface area contributed by atoms with E-state index in [2.05, 4.69) is 24.6 Å². The summed E-state index contributed by atoms with van der Waals surface area (Å²) in [5.74, 6) is 0. The third-order valence-electron chi connectivity index (χ3n) is 1.84. The van der Waals surface area contributed by atoms with Crippen LogP contribution in [0, 0.1) is 0 Å². The lowest BCUT2D eigenvalue weighted by Gasteiger charge is -2.04. The van der Waals surface area contributed by atoms with Gasteiger partial charge >= 0.3 is 0 Å². The van der Waals surface area contributed by atoms with E-state index in [1.165, 1.54) is 0 Å². The van der Waals surface area contributed by atoms with Crippen LogP contribution >= 0.6 is 0 Å². The Balaban J connectivity index is 3.68. The van der Waals surface area contributed by atoms with Crippen LogP contribution in [0.5, 0.6) is 0 Å². The van der Waals surface area contributed by atoms with Crippen LogP contribution in [0.4, 0.5) is 0 Å². The van der Waals surface area contributed by atoms with E-state index in [0.717, 1.165) is 25.1 Å². The van der Waals surface area contributed by atoms with E-state index in [9.17, 15) is 0 Å². The minimum atomic E-state index is 0.969. The maximum atomic E-state index is 3.75. The van der Waals surface area contributed by atoms with E-state index in [-0.39, 0.29) is 0 Å². The molecule has 0 bridgehead atoms. The molecular formula is C14H21N. The zero-order chi connectivity index (χ0) is 11.4. The monoisotopic (exact) mass is 203 g/mol. The molecule has 82 valence electrons. The highest BCUT2D eigenvalue weighted by atomic mass is 14.9. The fourth-order valence-corrected chi connectivity index (χ4v) is 1.04. The first-order valence-electron chi connectivity index (χ1n) is 5.32. The van der Waals surface area contributed by atoms with Gasteiger partial charge in [-0.3, -0.25) is 0 Å². The SMILES string of the molecule is C=C/C=C\CCCN/C(C=C)=C/C=C\C. The molecule has 0 spiro atoms. The second kappa shape index (κ2) is 10.6. The topological polar surface area (TPSA) is 12.0 Å². The van der Waals surface area contributed by atoms with Crippen LogP contribution in [0.25, 0.3) is 0 Å². The molecule has 1 N–H and O–H groups in total. The molecule has 0 unspecified atom stereocenters. The van der Waals surface area contributed by atoms with E-state index in [1.807, 2.05) is 37.3 Å². The zero-order valence-electron chi connectivity index (χ0n) is 9.58. The van der Waals surface area contributed by atoms with E-state index in [4.69, 9.17) is 0 Å². The van der Waals surface area contributed by atoms with E-state index in [1.54, 1.807) is 6.08 Å². The molecule has 1 nitrogen and oxygen atoms in total. The van der Waals surface area contributed by atoms with Crippen molar-refractivity contribution in [2.75, 3.05) is 6.54 Å². The fraction of sp³-hybridized carbons (Fsp3) is 0.286. The minimum Gasteiger partial charge on any atom is -0.385 e. The highest BCUT2D eigenvalue weighted by Crippen LogP contribution is 1.94. The summed E-state index contributed by atoms with van der Waals surface area (Å²) in [6.07, 6.45) is 15.9. The van der Waals surface area contributed by atoms with Crippen molar-refractivity contribution in [3.05, 3.63) is 61.4 Å². The van der Waals surface area contributed by atoms with E-state index in [0.29, 0.717) is 0 Å². The van der Waals surface area contributed by atoms with Gasteiger partial charge in [-0.2, -0.15) is 0 Å². The third-order valence-corrected chi connectivity index (χ3v) is 1.84. The summed E-state index contributed by atoms with van der Waals surface area (Å²) in [4.78, 5) is 0. The summed E-state index contributed by atoms with van der Waals surface area (Å²) in [6, 6.07) is 0. The predicted molar refractivity (Wildman–Crippen MR) is 69.7 cm³/mol. The Kier molecular flexibility index (Phi) is 9.52. The van der Waals surface area contributed by atoms with Crippen molar-refractivity contribution in [2.45, 2.75) is 19.8 Å². The number of rotatable bonds is 8. The number of allylic oxidation sites excluding steroid dienone is 7. The molecule has 0 fully saturated rings. The Labute approximate surface area is 93.6 Å². The summed E-state index contributed by atoms with van der Waals surface area (Å²) in [7, 11) is 0. The van der Waals surface area contributed by atoms with Gasteiger partial charge in [-0.15, -0.1) is 0 Å². The first kappa shape index (κ1) is 13.5. The smallest absolute Gasteiger partial charge is 0.0334 e. The van der Waals surface area contributed by atoms with E-state index < -0.39 is 0 Å². The zero-order valence-corrected chi connectivity index (χ0v) is 9.58. The van der Waals surface area contributed by atoms with Gasteiger partial charge in [-0.1, -0.05) is 43.5 Å². The molecule has 0 heterocycles.